The van der Waals surface area contributed by atoms with Crippen LogP contribution in [-0.4, -0.2) is 28.8 Å². The molecule has 2 aromatic rings. The molecule has 0 unspecified atom stereocenters. The maximum absolute atomic E-state index is 12.4. The Morgan fingerprint density at radius 3 is 2.54 bits per heavy atom. The van der Waals surface area contributed by atoms with Crippen molar-refractivity contribution in [3.05, 3.63) is 42.1 Å². The third-order valence-electron chi connectivity index (χ3n) is 3.36. The van der Waals surface area contributed by atoms with E-state index in [9.17, 15) is 9.59 Å². The van der Waals surface area contributed by atoms with Crippen LogP contribution in [-0.2, 0) is 9.59 Å². The number of ether oxygens (including phenoxy) is 1. The van der Waals surface area contributed by atoms with Crippen molar-refractivity contribution in [1.82, 2.24) is 9.69 Å². The number of rotatable bonds is 7. The van der Waals surface area contributed by atoms with Crippen LogP contribution in [0.25, 0.3) is 0 Å². The fraction of sp³-hybridized carbons (Fsp3) is 0.353. The second kappa shape index (κ2) is 8.44. The monoisotopic (exact) mass is 347 g/mol. The smallest absolute Gasteiger partial charge is 0.258 e. The minimum absolute atomic E-state index is 0.0566. The van der Waals surface area contributed by atoms with Crippen LogP contribution in [0.5, 0.6) is 5.75 Å². The quantitative estimate of drug-likeness (QED) is 0.807. The number of carbonyl (C=O) groups is 2. The summed E-state index contributed by atoms with van der Waals surface area (Å²) in [6.07, 6.45) is 1.69. The van der Waals surface area contributed by atoms with Crippen LogP contribution >= 0.6 is 11.5 Å². The predicted molar refractivity (Wildman–Crippen MR) is 94.2 cm³/mol. The van der Waals surface area contributed by atoms with E-state index >= 15 is 0 Å². The van der Waals surface area contributed by atoms with Crippen molar-refractivity contribution in [2.75, 3.05) is 11.9 Å². The number of aryl methyl sites for hydroxylation is 1. The summed E-state index contributed by atoms with van der Waals surface area (Å²) in [5, 5.41) is 6.23. The predicted octanol–water partition coefficient (Wildman–Crippen LogP) is 2.61. The van der Waals surface area contributed by atoms with Crippen LogP contribution in [0.4, 0.5) is 5.00 Å². The molecule has 1 aromatic carbocycles. The Kier molecular flexibility index (Phi) is 6.31. The van der Waals surface area contributed by atoms with Gasteiger partial charge in [0.05, 0.1) is 0 Å². The van der Waals surface area contributed by atoms with Crippen LogP contribution in [0.2, 0.25) is 0 Å². The van der Waals surface area contributed by atoms with Gasteiger partial charge < -0.3 is 15.4 Å². The van der Waals surface area contributed by atoms with Gasteiger partial charge in [-0.2, -0.15) is 4.37 Å². The molecule has 6 nitrogen and oxygen atoms in total. The summed E-state index contributed by atoms with van der Waals surface area (Å²) in [6, 6.07) is 8.43. The average molecular weight is 347 g/mol. The number of anilines is 1. The molecule has 0 aliphatic carbocycles. The van der Waals surface area contributed by atoms with E-state index in [-0.39, 0.29) is 24.3 Å². The SMILES string of the molecule is Cc1cnsc1NC(=O)[C@@H](NC(=O)COc1ccccc1)C(C)C. The summed E-state index contributed by atoms with van der Waals surface area (Å²) in [5.74, 6) is -0.0449. The van der Waals surface area contributed by atoms with Gasteiger partial charge in [-0.25, -0.2) is 0 Å². The molecule has 0 saturated heterocycles. The van der Waals surface area contributed by atoms with Gasteiger partial charge in [0.1, 0.15) is 16.8 Å². The minimum Gasteiger partial charge on any atom is -0.484 e. The summed E-state index contributed by atoms with van der Waals surface area (Å²) in [4.78, 5) is 24.5. The van der Waals surface area contributed by atoms with E-state index in [4.69, 9.17) is 4.74 Å². The fourth-order valence-electron chi connectivity index (χ4n) is 2.02. The lowest BCUT2D eigenvalue weighted by atomic mass is 10.0. The fourth-order valence-corrected chi connectivity index (χ4v) is 2.67. The number of hydrogen-bond acceptors (Lipinski definition) is 5. The van der Waals surface area contributed by atoms with Gasteiger partial charge >= 0.3 is 0 Å². The molecule has 0 bridgehead atoms. The first-order valence-corrected chi connectivity index (χ1v) is 8.44. The van der Waals surface area contributed by atoms with Gasteiger partial charge in [-0.15, -0.1) is 0 Å². The van der Waals surface area contributed by atoms with Crippen LogP contribution in [0.1, 0.15) is 19.4 Å². The van der Waals surface area contributed by atoms with E-state index in [2.05, 4.69) is 15.0 Å². The zero-order valence-corrected chi connectivity index (χ0v) is 14.7. The van der Waals surface area contributed by atoms with Crippen molar-refractivity contribution < 1.29 is 14.3 Å². The van der Waals surface area contributed by atoms with Crippen molar-refractivity contribution in [2.45, 2.75) is 26.8 Å². The van der Waals surface area contributed by atoms with Gasteiger partial charge in [-0.3, -0.25) is 9.59 Å². The number of aromatic nitrogens is 1. The number of carbonyl (C=O) groups excluding carboxylic acids is 2. The maximum atomic E-state index is 12.4. The van der Waals surface area contributed by atoms with E-state index in [0.29, 0.717) is 10.8 Å². The zero-order valence-electron chi connectivity index (χ0n) is 13.9. The van der Waals surface area contributed by atoms with E-state index in [0.717, 1.165) is 5.56 Å². The molecule has 2 rings (SSSR count). The van der Waals surface area contributed by atoms with E-state index < -0.39 is 6.04 Å². The number of amides is 2. The van der Waals surface area contributed by atoms with E-state index in [1.54, 1.807) is 18.3 Å². The summed E-state index contributed by atoms with van der Waals surface area (Å²) in [5.41, 5.74) is 0.898. The number of para-hydroxylation sites is 1. The van der Waals surface area contributed by atoms with Crippen molar-refractivity contribution >= 4 is 28.3 Å². The molecule has 1 heterocycles. The Balaban J connectivity index is 1.91. The van der Waals surface area contributed by atoms with Crippen molar-refractivity contribution in [2.24, 2.45) is 5.92 Å². The Morgan fingerprint density at radius 2 is 1.96 bits per heavy atom. The van der Waals surface area contributed by atoms with Gasteiger partial charge in [-0.05, 0) is 36.5 Å². The lowest BCUT2D eigenvalue weighted by Crippen LogP contribution is -2.48. The lowest BCUT2D eigenvalue weighted by molar-refractivity contribution is -0.128. The van der Waals surface area contributed by atoms with Crippen molar-refractivity contribution in [3.63, 3.8) is 0 Å². The Labute approximate surface area is 145 Å². The molecule has 0 aliphatic rings. The molecule has 0 fully saturated rings. The zero-order chi connectivity index (χ0) is 17.5. The molecule has 1 aromatic heterocycles. The summed E-state index contributed by atoms with van der Waals surface area (Å²) >= 11 is 1.21. The highest BCUT2D eigenvalue weighted by molar-refractivity contribution is 7.10. The van der Waals surface area contributed by atoms with Crippen molar-refractivity contribution in [3.8, 4) is 5.75 Å². The first-order chi connectivity index (χ1) is 11.5. The maximum Gasteiger partial charge on any atom is 0.258 e. The third kappa shape index (κ3) is 5.06. The Hall–Kier alpha value is -2.41. The van der Waals surface area contributed by atoms with Gasteiger partial charge in [0, 0.05) is 11.8 Å². The van der Waals surface area contributed by atoms with Gasteiger partial charge in [-0.1, -0.05) is 32.0 Å². The topological polar surface area (TPSA) is 80.3 Å². The minimum atomic E-state index is -0.640. The third-order valence-corrected chi connectivity index (χ3v) is 4.18. The largest absolute Gasteiger partial charge is 0.484 e. The van der Waals surface area contributed by atoms with Crippen LogP contribution in [0, 0.1) is 12.8 Å². The lowest BCUT2D eigenvalue weighted by Gasteiger charge is -2.21. The molecule has 0 radical (unpaired) electrons. The van der Waals surface area contributed by atoms with Crippen LogP contribution in [0.15, 0.2) is 36.5 Å². The van der Waals surface area contributed by atoms with E-state index in [1.807, 2.05) is 39.0 Å². The Bertz CT molecular complexity index is 685. The summed E-state index contributed by atoms with van der Waals surface area (Å²) in [6.45, 7) is 5.49. The Morgan fingerprint density at radius 1 is 1.25 bits per heavy atom. The first-order valence-electron chi connectivity index (χ1n) is 7.66. The van der Waals surface area contributed by atoms with Gasteiger partial charge in [0.15, 0.2) is 6.61 Å². The number of benzene rings is 1. The summed E-state index contributed by atoms with van der Waals surface area (Å²) in [7, 11) is 0. The molecule has 2 amide bonds. The highest BCUT2D eigenvalue weighted by atomic mass is 32.1. The highest BCUT2D eigenvalue weighted by Crippen LogP contribution is 2.19. The molecule has 0 spiro atoms. The normalized spacial score (nSPS) is 11.8. The molecule has 2 N–H and O–H groups in total. The van der Waals surface area contributed by atoms with Crippen LogP contribution < -0.4 is 15.4 Å². The molecule has 0 saturated carbocycles. The number of hydrogen-bond donors (Lipinski definition) is 2. The van der Waals surface area contributed by atoms with Gasteiger partial charge in [0.2, 0.25) is 5.91 Å². The highest BCUT2D eigenvalue weighted by Gasteiger charge is 2.25. The molecule has 128 valence electrons. The first kappa shape index (κ1) is 17.9. The van der Waals surface area contributed by atoms with Crippen molar-refractivity contribution in [1.29, 1.82) is 0 Å². The number of nitrogens with one attached hydrogen (secondary N) is 2. The molecule has 1 atom stereocenters. The standard InChI is InChI=1S/C17H21N3O3S/c1-11(2)15(16(22)20-17-12(3)9-18-24-17)19-14(21)10-23-13-7-5-4-6-8-13/h4-9,11,15H,10H2,1-3H3,(H,19,21)(H,20,22)/t15-/m0/s1. The van der Waals surface area contributed by atoms with Gasteiger partial charge in [0.25, 0.3) is 5.91 Å². The molecule has 24 heavy (non-hydrogen) atoms. The molecular formula is C17H21N3O3S. The van der Waals surface area contributed by atoms with E-state index in [1.165, 1.54) is 11.5 Å². The molecular weight excluding hydrogens is 326 g/mol. The average Bonchev–Trinajstić information content (AvgIpc) is 2.96. The second-order valence-electron chi connectivity index (χ2n) is 5.72. The van der Waals surface area contributed by atoms with Crippen LogP contribution in [0.3, 0.4) is 0 Å². The molecule has 0 aliphatic heterocycles. The second-order valence-corrected chi connectivity index (χ2v) is 6.52. The number of nitrogens with zero attached hydrogens (tertiary/aromatic N) is 1. The summed E-state index contributed by atoms with van der Waals surface area (Å²) < 4.78 is 9.42. The molecule has 7 heteroatoms.